The van der Waals surface area contributed by atoms with E-state index in [4.69, 9.17) is 17.3 Å². The summed E-state index contributed by atoms with van der Waals surface area (Å²) in [4.78, 5) is 0. The fourth-order valence-electron chi connectivity index (χ4n) is 1.66. The zero-order valence-electron chi connectivity index (χ0n) is 9.70. The van der Waals surface area contributed by atoms with E-state index in [1.54, 1.807) is 0 Å². The number of nitrogens with two attached hydrogens (primary N) is 1. The molecule has 3 heteroatoms. The van der Waals surface area contributed by atoms with Crippen molar-refractivity contribution in [2.75, 3.05) is 11.1 Å². The van der Waals surface area contributed by atoms with Crippen molar-refractivity contribution in [2.45, 2.75) is 13.5 Å². The van der Waals surface area contributed by atoms with Gasteiger partial charge in [-0.3, -0.25) is 0 Å². The number of hydrogen-bond donors (Lipinski definition) is 2. The number of para-hydroxylation sites is 1. The molecular weight excluding hydrogens is 232 g/mol. The summed E-state index contributed by atoms with van der Waals surface area (Å²) in [7, 11) is 0. The lowest BCUT2D eigenvalue weighted by Crippen LogP contribution is -2.03. The fraction of sp³-hybridized carbons (Fsp3) is 0.143. The summed E-state index contributed by atoms with van der Waals surface area (Å²) < 4.78 is 0. The topological polar surface area (TPSA) is 38.0 Å². The van der Waals surface area contributed by atoms with Crippen LogP contribution in [0.3, 0.4) is 0 Å². The second-order valence-corrected chi connectivity index (χ2v) is 4.44. The standard InChI is InChI=1S/C14H15ClN2/c1-10-6-7-12(15)14(8-10)17-9-11-4-2-3-5-13(11)16/h2-8,17H,9,16H2,1H3. The number of nitrogens with one attached hydrogen (secondary N) is 1. The van der Waals surface area contributed by atoms with Gasteiger partial charge in [0.25, 0.3) is 0 Å². The minimum Gasteiger partial charge on any atom is -0.398 e. The summed E-state index contributed by atoms with van der Waals surface area (Å²) >= 11 is 6.11. The van der Waals surface area contributed by atoms with Crippen LogP contribution in [0.4, 0.5) is 11.4 Å². The summed E-state index contributed by atoms with van der Waals surface area (Å²) in [5.41, 5.74) is 9.87. The second kappa shape index (κ2) is 5.11. The van der Waals surface area contributed by atoms with Crippen LogP contribution in [-0.2, 0) is 6.54 Å². The molecule has 0 fully saturated rings. The molecule has 88 valence electrons. The maximum atomic E-state index is 6.11. The highest BCUT2D eigenvalue weighted by molar-refractivity contribution is 6.33. The summed E-state index contributed by atoms with van der Waals surface area (Å²) in [6.07, 6.45) is 0. The van der Waals surface area contributed by atoms with Gasteiger partial charge in [-0.15, -0.1) is 0 Å². The number of hydrogen-bond acceptors (Lipinski definition) is 2. The van der Waals surface area contributed by atoms with Crippen LogP contribution in [0.1, 0.15) is 11.1 Å². The molecule has 0 aliphatic rings. The van der Waals surface area contributed by atoms with Gasteiger partial charge < -0.3 is 11.1 Å². The molecule has 0 saturated carbocycles. The molecule has 2 rings (SSSR count). The highest BCUT2D eigenvalue weighted by Crippen LogP contribution is 2.24. The van der Waals surface area contributed by atoms with E-state index in [0.29, 0.717) is 6.54 Å². The van der Waals surface area contributed by atoms with Crippen molar-refractivity contribution in [2.24, 2.45) is 0 Å². The average molecular weight is 247 g/mol. The molecule has 2 nitrogen and oxygen atoms in total. The van der Waals surface area contributed by atoms with Crippen LogP contribution in [0.5, 0.6) is 0 Å². The van der Waals surface area contributed by atoms with E-state index in [0.717, 1.165) is 22.0 Å². The SMILES string of the molecule is Cc1ccc(Cl)c(NCc2ccccc2N)c1. The van der Waals surface area contributed by atoms with Gasteiger partial charge in [-0.1, -0.05) is 35.9 Å². The maximum absolute atomic E-state index is 6.11. The van der Waals surface area contributed by atoms with Gasteiger partial charge in [0.1, 0.15) is 0 Å². The fourth-order valence-corrected chi connectivity index (χ4v) is 1.84. The third-order valence-electron chi connectivity index (χ3n) is 2.65. The lowest BCUT2D eigenvalue weighted by Gasteiger charge is -2.10. The third kappa shape index (κ3) is 2.92. The summed E-state index contributed by atoms with van der Waals surface area (Å²) in [5, 5.41) is 4.03. The Labute approximate surface area is 106 Å². The van der Waals surface area contributed by atoms with Crippen molar-refractivity contribution in [3.8, 4) is 0 Å². The number of halogens is 1. The molecular formula is C14H15ClN2. The molecule has 0 spiro atoms. The monoisotopic (exact) mass is 246 g/mol. The predicted octanol–water partition coefficient (Wildman–Crippen LogP) is 3.84. The summed E-state index contributed by atoms with van der Waals surface area (Å²) in [6.45, 7) is 2.72. The van der Waals surface area contributed by atoms with E-state index in [1.165, 1.54) is 5.56 Å². The van der Waals surface area contributed by atoms with Crippen LogP contribution >= 0.6 is 11.6 Å². The Morgan fingerprint density at radius 2 is 1.94 bits per heavy atom. The van der Waals surface area contributed by atoms with Crippen LogP contribution < -0.4 is 11.1 Å². The van der Waals surface area contributed by atoms with Gasteiger partial charge in [-0.25, -0.2) is 0 Å². The number of nitrogen functional groups attached to an aromatic ring is 1. The molecule has 0 saturated heterocycles. The normalized spacial score (nSPS) is 10.2. The van der Waals surface area contributed by atoms with Crippen molar-refractivity contribution in [1.29, 1.82) is 0 Å². The van der Waals surface area contributed by atoms with Crippen molar-refractivity contribution in [1.82, 2.24) is 0 Å². The second-order valence-electron chi connectivity index (χ2n) is 4.04. The highest BCUT2D eigenvalue weighted by atomic mass is 35.5. The third-order valence-corrected chi connectivity index (χ3v) is 2.98. The van der Waals surface area contributed by atoms with E-state index in [2.05, 4.69) is 5.32 Å². The molecule has 0 radical (unpaired) electrons. The Morgan fingerprint density at radius 3 is 2.71 bits per heavy atom. The minimum absolute atomic E-state index is 0.676. The van der Waals surface area contributed by atoms with Gasteiger partial charge in [0.05, 0.1) is 10.7 Å². The summed E-state index contributed by atoms with van der Waals surface area (Å²) in [5.74, 6) is 0. The zero-order valence-corrected chi connectivity index (χ0v) is 10.5. The van der Waals surface area contributed by atoms with Crippen LogP contribution in [0, 0.1) is 6.92 Å². The Bertz CT molecular complexity index is 523. The average Bonchev–Trinajstić information content (AvgIpc) is 2.32. The molecule has 0 aliphatic carbocycles. The Kier molecular flexibility index (Phi) is 3.55. The number of anilines is 2. The first kappa shape index (κ1) is 11.8. The van der Waals surface area contributed by atoms with Gasteiger partial charge in [0.2, 0.25) is 0 Å². The largest absolute Gasteiger partial charge is 0.398 e. The first-order valence-electron chi connectivity index (χ1n) is 5.50. The maximum Gasteiger partial charge on any atom is 0.0637 e. The Morgan fingerprint density at radius 1 is 1.18 bits per heavy atom. The zero-order chi connectivity index (χ0) is 12.3. The van der Waals surface area contributed by atoms with Crippen molar-refractivity contribution < 1.29 is 0 Å². The van der Waals surface area contributed by atoms with Crippen LogP contribution in [-0.4, -0.2) is 0 Å². The van der Waals surface area contributed by atoms with Crippen molar-refractivity contribution in [3.05, 3.63) is 58.6 Å². The summed E-state index contributed by atoms with van der Waals surface area (Å²) in [6, 6.07) is 13.7. The van der Waals surface area contributed by atoms with Gasteiger partial charge in [0, 0.05) is 12.2 Å². The van der Waals surface area contributed by atoms with E-state index in [9.17, 15) is 0 Å². The van der Waals surface area contributed by atoms with Crippen LogP contribution in [0.2, 0.25) is 5.02 Å². The quantitative estimate of drug-likeness (QED) is 0.808. The molecule has 2 aromatic carbocycles. The van der Waals surface area contributed by atoms with E-state index in [1.807, 2.05) is 49.4 Å². The first-order chi connectivity index (χ1) is 8.16. The predicted molar refractivity (Wildman–Crippen MR) is 74.4 cm³/mol. The number of rotatable bonds is 3. The molecule has 0 aliphatic heterocycles. The van der Waals surface area contributed by atoms with E-state index in [-0.39, 0.29) is 0 Å². The van der Waals surface area contributed by atoms with Gasteiger partial charge >= 0.3 is 0 Å². The smallest absolute Gasteiger partial charge is 0.0637 e. The molecule has 0 atom stereocenters. The van der Waals surface area contributed by atoms with Gasteiger partial charge in [0.15, 0.2) is 0 Å². The highest BCUT2D eigenvalue weighted by Gasteiger charge is 2.01. The molecule has 0 bridgehead atoms. The van der Waals surface area contributed by atoms with Crippen LogP contribution in [0.15, 0.2) is 42.5 Å². The lowest BCUT2D eigenvalue weighted by atomic mass is 10.1. The lowest BCUT2D eigenvalue weighted by molar-refractivity contribution is 1.15. The number of benzene rings is 2. The van der Waals surface area contributed by atoms with Crippen LogP contribution in [0.25, 0.3) is 0 Å². The molecule has 0 aromatic heterocycles. The Balaban J connectivity index is 2.12. The van der Waals surface area contributed by atoms with E-state index < -0.39 is 0 Å². The molecule has 17 heavy (non-hydrogen) atoms. The number of aryl methyl sites for hydroxylation is 1. The molecule has 0 unspecified atom stereocenters. The van der Waals surface area contributed by atoms with Crippen molar-refractivity contribution in [3.63, 3.8) is 0 Å². The van der Waals surface area contributed by atoms with Gasteiger partial charge in [-0.2, -0.15) is 0 Å². The minimum atomic E-state index is 0.676. The molecule has 2 aromatic rings. The molecule has 0 heterocycles. The van der Waals surface area contributed by atoms with Gasteiger partial charge in [-0.05, 0) is 36.2 Å². The first-order valence-corrected chi connectivity index (χ1v) is 5.88. The van der Waals surface area contributed by atoms with Crippen molar-refractivity contribution >= 4 is 23.0 Å². The molecule has 0 amide bonds. The molecule has 3 N–H and O–H groups in total. The van der Waals surface area contributed by atoms with E-state index >= 15 is 0 Å². The Hall–Kier alpha value is -1.67.